The highest BCUT2D eigenvalue weighted by Gasteiger charge is 2.28. The first kappa shape index (κ1) is 17.8. The average Bonchev–Trinajstić information content (AvgIpc) is 2.75. The van der Waals surface area contributed by atoms with Crippen molar-refractivity contribution in [3.05, 3.63) is 42.5 Å². The number of para-hydroxylation sites is 1. The molecule has 4 rings (SSSR count). The van der Waals surface area contributed by atoms with Crippen LogP contribution >= 0.6 is 0 Å². The summed E-state index contributed by atoms with van der Waals surface area (Å²) in [6.45, 7) is 3.19. The molecule has 2 aromatic rings. The van der Waals surface area contributed by atoms with Gasteiger partial charge in [-0.15, -0.1) is 10.2 Å². The van der Waals surface area contributed by atoms with E-state index < -0.39 is 0 Å². The van der Waals surface area contributed by atoms with E-state index in [1.807, 2.05) is 47.4 Å². The van der Waals surface area contributed by atoms with Crippen LogP contribution in [0.25, 0.3) is 0 Å². The molecule has 0 radical (unpaired) electrons. The van der Waals surface area contributed by atoms with Crippen LogP contribution in [0.3, 0.4) is 0 Å². The number of anilines is 3. The van der Waals surface area contributed by atoms with Gasteiger partial charge in [0.15, 0.2) is 11.6 Å². The zero-order valence-electron chi connectivity index (χ0n) is 15.7. The van der Waals surface area contributed by atoms with E-state index >= 15 is 0 Å². The van der Waals surface area contributed by atoms with Crippen molar-refractivity contribution < 1.29 is 4.79 Å². The Morgan fingerprint density at radius 3 is 2.30 bits per heavy atom. The molecule has 1 aliphatic carbocycles. The molecule has 1 saturated carbocycles. The quantitative estimate of drug-likeness (QED) is 0.899. The van der Waals surface area contributed by atoms with Crippen LogP contribution in [0.4, 0.5) is 17.3 Å². The fourth-order valence-electron chi connectivity index (χ4n) is 3.99. The van der Waals surface area contributed by atoms with Crippen LogP contribution in [0, 0.1) is 5.92 Å². The third-order valence-corrected chi connectivity index (χ3v) is 5.57. The Kier molecular flexibility index (Phi) is 5.51. The van der Waals surface area contributed by atoms with Gasteiger partial charge in [-0.25, -0.2) is 0 Å². The molecular weight excluding hydrogens is 338 g/mol. The molecule has 0 bridgehead atoms. The average molecular weight is 365 g/mol. The predicted octanol–water partition coefficient (Wildman–Crippen LogP) is 3.45. The molecule has 2 fully saturated rings. The minimum atomic E-state index is 0.258. The lowest BCUT2D eigenvalue weighted by Crippen LogP contribution is -2.50. The molecule has 0 unspecified atom stereocenters. The minimum absolute atomic E-state index is 0.258. The lowest BCUT2D eigenvalue weighted by molar-refractivity contribution is -0.136. The SMILES string of the molecule is O=C(C1CCCCC1)N1CCN(c2ccc(Nc3ccccc3)nn2)CC1. The summed E-state index contributed by atoms with van der Waals surface area (Å²) < 4.78 is 0. The molecule has 142 valence electrons. The van der Waals surface area contributed by atoms with Gasteiger partial charge in [-0.2, -0.15) is 0 Å². The molecule has 0 atom stereocenters. The summed E-state index contributed by atoms with van der Waals surface area (Å²) in [5, 5.41) is 11.9. The van der Waals surface area contributed by atoms with Gasteiger partial charge in [0.1, 0.15) is 0 Å². The van der Waals surface area contributed by atoms with Crippen molar-refractivity contribution in [3.8, 4) is 0 Å². The molecule has 27 heavy (non-hydrogen) atoms. The summed E-state index contributed by atoms with van der Waals surface area (Å²) in [4.78, 5) is 16.9. The molecular formula is C21H27N5O. The molecule has 2 heterocycles. The maximum atomic E-state index is 12.7. The number of piperazine rings is 1. The number of aromatic nitrogens is 2. The van der Waals surface area contributed by atoms with Crippen LogP contribution in [-0.2, 0) is 4.79 Å². The normalized spacial score (nSPS) is 18.4. The molecule has 2 aliphatic rings. The molecule has 6 nitrogen and oxygen atoms in total. The van der Waals surface area contributed by atoms with Crippen LogP contribution in [0.2, 0.25) is 0 Å². The zero-order valence-corrected chi connectivity index (χ0v) is 15.7. The summed E-state index contributed by atoms with van der Waals surface area (Å²) in [5.74, 6) is 2.23. The van der Waals surface area contributed by atoms with Gasteiger partial charge in [-0.05, 0) is 37.1 Å². The minimum Gasteiger partial charge on any atom is -0.352 e. The van der Waals surface area contributed by atoms with Crippen molar-refractivity contribution >= 4 is 23.2 Å². The highest BCUT2D eigenvalue weighted by molar-refractivity contribution is 5.79. The fraction of sp³-hybridized carbons (Fsp3) is 0.476. The number of rotatable bonds is 4. The van der Waals surface area contributed by atoms with E-state index in [-0.39, 0.29) is 5.92 Å². The monoisotopic (exact) mass is 365 g/mol. The Labute approximate surface area is 160 Å². The fourth-order valence-corrected chi connectivity index (χ4v) is 3.99. The highest BCUT2D eigenvalue weighted by Crippen LogP contribution is 2.26. The van der Waals surface area contributed by atoms with Gasteiger partial charge >= 0.3 is 0 Å². The second-order valence-corrected chi connectivity index (χ2v) is 7.42. The smallest absolute Gasteiger partial charge is 0.225 e. The van der Waals surface area contributed by atoms with Gasteiger partial charge in [0.2, 0.25) is 5.91 Å². The summed E-state index contributed by atoms with van der Waals surface area (Å²) in [6.07, 6.45) is 5.83. The van der Waals surface area contributed by atoms with Crippen molar-refractivity contribution in [1.29, 1.82) is 0 Å². The van der Waals surface area contributed by atoms with Crippen molar-refractivity contribution in [2.75, 3.05) is 36.4 Å². The molecule has 0 spiro atoms. The number of carbonyl (C=O) groups excluding carboxylic acids is 1. The van der Waals surface area contributed by atoms with Crippen molar-refractivity contribution in [3.63, 3.8) is 0 Å². The lowest BCUT2D eigenvalue weighted by Gasteiger charge is -2.37. The second-order valence-electron chi connectivity index (χ2n) is 7.42. The standard InChI is InChI=1S/C21H27N5O/c27-21(17-7-3-1-4-8-17)26-15-13-25(14-16-26)20-12-11-19(23-24-20)22-18-9-5-2-6-10-18/h2,5-6,9-12,17H,1,3-4,7-8,13-16H2,(H,22,23). The molecule has 1 aromatic carbocycles. The lowest BCUT2D eigenvalue weighted by atomic mass is 9.88. The first-order valence-corrected chi connectivity index (χ1v) is 9.99. The first-order chi connectivity index (χ1) is 13.3. The Hall–Kier alpha value is -2.63. The molecule has 1 amide bonds. The molecule has 1 N–H and O–H groups in total. The maximum absolute atomic E-state index is 12.7. The number of hydrogen-bond donors (Lipinski definition) is 1. The highest BCUT2D eigenvalue weighted by atomic mass is 16.2. The number of nitrogens with zero attached hydrogens (tertiary/aromatic N) is 4. The van der Waals surface area contributed by atoms with Crippen LogP contribution in [-0.4, -0.2) is 47.2 Å². The van der Waals surface area contributed by atoms with E-state index in [1.165, 1.54) is 19.3 Å². The van der Waals surface area contributed by atoms with Crippen LogP contribution < -0.4 is 10.2 Å². The first-order valence-electron chi connectivity index (χ1n) is 9.99. The maximum Gasteiger partial charge on any atom is 0.225 e. The van der Waals surface area contributed by atoms with Crippen molar-refractivity contribution in [2.24, 2.45) is 5.92 Å². The summed E-state index contributed by atoms with van der Waals surface area (Å²) >= 11 is 0. The third kappa shape index (κ3) is 4.38. The molecule has 1 saturated heterocycles. The Morgan fingerprint density at radius 2 is 1.63 bits per heavy atom. The Bertz CT molecular complexity index is 735. The van der Waals surface area contributed by atoms with E-state index in [4.69, 9.17) is 0 Å². The van der Waals surface area contributed by atoms with Crippen LogP contribution in [0.15, 0.2) is 42.5 Å². The van der Waals surface area contributed by atoms with E-state index in [0.29, 0.717) is 5.91 Å². The Balaban J connectivity index is 1.31. The summed E-state index contributed by atoms with van der Waals surface area (Å²) in [7, 11) is 0. The van der Waals surface area contributed by atoms with E-state index in [9.17, 15) is 4.79 Å². The van der Waals surface area contributed by atoms with E-state index in [1.54, 1.807) is 0 Å². The van der Waals surface area contributed by atoms with E-state index in [2.05, 4.69) is 20.4 Å². The van der Waals surface area contributed by atoms with Gasteiger partial charge in [-0.3, -0.25) is 4.79 Å². The molecule has 1 aliphatic heterocycles. The second kappa shape index (κ2) is 8.37. The molecule has 1 aromatic heterocycles. The van der Waals surface area contributed by atoms with Gasteiger partial charge in [0, 0.05) is 37.8 Å². The molecule has 6 heteroatoms. The largest absolute Gasteiger partial charge is 0.352 e. The predicted molar refractivity (Wildman–Crippen MR) is 107 cm³/mol. The number of carbonyl (C=O) groups is 1. The number of hydrogen-bond acceptors (Lipinski definition) is 5. The zero-order chi connectivity index (χ0) is 18.5. The topological polar surface area (TPSA) is 61.4 Å². The van der Waals surface area contributed by atoms with Crippen LogP contribution in [0.5, 0.6) is 0 Å². The van der Waals surface area contributed by atoms with Gasteiger partial charge in [0.05, 0.1) is 0 Å². The van der Waals surface area contributed by atoms with Gasteiger partial charge in [-0.1, -0.05) is 37.5 Å². The van der Waals surface area contributed by atoms with Crippen LogP contribution in [0.1, 0.15) is 32.1 Å². The van der Waals surface area contributed by atoms with E-state index in [0.717, 1.165) is 56.3 Å². The number of benzene rings is 1. The van der Waals surface area contributed by atoms with Gasteiger partial charge in [0.25, 0.3) is 0 Å². The number of amides is 1. The summed E-state index contributed by atoms with van der Waals surface area (Å²) in [5.41, 5.74) is 0.995. The van der Waals surface area contributed by atoms with Crippen molar-refractivity contribution in [2.45, 2.75) is 32.1 Å². The Morgan fingerprint density at radius 1 is 0.889 bits per heavy atom. The number of nitrogens with one attached hydrogen (secondary N) is 1. The van der Waals surface area contributed by atoms with Crippen molar-refractivity contribution in [1.82, 2.24) is 15.1 Å². The van der Waals surface area contributed by atoms with Gasteiger partial charge < -0.3 is 15.1 Å². The summed E-state index contributed by atoms with van der Waals surface area (Å²) in [6, 6.07) is 13.9. The third-order valence-electron chi connectivity index (χ3n) is 5.57.